The van der Waals surface area contributed by atoms with Gasteiger partial charge in [0.25, 0.3) is 0 Å². The maximum absolute atomic E-state index is 11.0. The summed E-state index contributed by atoms with van der Waals surface area (Å²) in [5, 5.41) is 0. The number of carbonyl (C=O) groups excluding carboxylic acids is 2. The number of carbonyl (C=O) groups is 2. The van der Waals surface area contributed by atoms with Crippen LogP contribution in [0.4, 0.5) is 0 Å². The highest BCUT2D eigenvalue weighted by atomic mass is 16.6. The SMILES string of the molecule is CC[C@@H]1OC(=O)[C@@H](C)C1=O. The third-order valence-corrected chi connectivity index (χ3v) is 1.73. The molecule has 1 saturated heterocycles. The Balaban J connectivity index is 2.71. The number of ether oxygens (including phenoxy) is 1. The Kier molecular flexibility index (Phi) is 1.74. The zero-order valence-corrected chi connectivity index (χ0v) is 6.09. The summed E-state index contributed by atoms with van der Waals surface area (Å²) in [6.07, 6.45) is 0.122. The van der Waals surface area contributed by atoms with E-state index in [1.807, 2.05) is 6.92 Å². The Morgan fingerprint density at radius 3 is 2.30 bits per heavy atom. The Bertz CT molecular complexity index is 174. The molecule has 3 heteroatoms. The summed E-state index contributed by atoms with van der Waals surface area (Å²) < 4.78 is 4.75. The van der Waals surface area contributed by atoms with Crippen molar-refractivity contribution in [1.29, 1.82) is 0 Å². The van der Waals surface area contributed by atoms with E-state index in [2.05, 4.69) is 0 Å². The molecule has 0 aromatic heterocycles. The first-order valence-electron chi connectivity index (χ1n) is 3.41. The van der Waals surface area contributed by atoms with Gasteiger partial charge in [0.15, 0.2) is 11.9 Å². The van der Waals surface area contributed by atoms with Gasteiger partial charge in [0.1, 0.15) is 5.92 Å². The van der Waals surface area contributed by atoms with Crippen LogP contribution in [0.2, 0.25) is 0 Å². The Morgan fingerprint density at radius 2 is 2.10 bits per heavy atom. The second kappa shape index (κ2) is 2.40. The van der Waals surface area contributed by atoms with E-state index in [9.17, 15) is 9.59 Å². The van der Waals surface area contributed by atoms with E-state index in [-0.39, 0.29) is 11.8 Å². The van der Waals surface area contributed by atoms with Crippen LogP contribution in [0.15, 0.2) is 0 Å². The summed E-state index contributed by atoms with van der Waals surface area (Å²) in [6, 6.07) is 0. The van der Waals surface area contributed by atoms with Crippen LogP contribution in [0.5, 0.6) is 0 Å². The van der Waals surface area contributed by atoms with Gasteiger partial charge in [0.05, 0.1) is 0 Å². The van der Waals surface area contributed by atoms with Crippen LogP contribution in [-0.2, 0) is 14.3 Å². The van der Waals surface area contributed by atoms with Gasteiger partial charge in [-0.1, -0.05) is 6.92 Å². The highest BCUT2D eigenvalue weighted by molar-refractivity contribution is 6.06. The van der Waals surface area contributed by atoms with Gasteiger partial charge < -0.3 is 4.74 Å². The molecule has 0 aromatic carbocycles. The van der Waals surface area contributed by atoms with Crippen molar-refractivity contribution in [2.75, 3.05) is 0 Å². The molecule has 0 saturated carbocycles. The maximum atomic E-state index is 11.0. The average Bonchev–Trinajstić information content (AvgIpc) is 2.17. The molecule has 0 radical (unpaired) electrons. The molecule has 2 atom stereocenters. The molecule has 1 fully saturated rings. The van der Waals surface area contributed by atoms with Crippen molar-refractivity contribution < 1.29 is 14.3 Å². The van der Waals surface area contributed by atoms with Crippen LogP contribution in [-0.4, -0.2) is 17.9 Å². The van der Waals surface area contributed by atoms with Crippen LogP contribution in [0.3, 0.4) is 0 Å². The smallest absolute Gasteiger partial charge is 0.317 e. The van der Waals surface area contributed by atoms with E-state index in [4.69, 9.17) is 4.74 Å². The number of hydrogen-bond donors (Lipinski definition) is 0. The van der Waals surface area contributed by atoms with E-state index in [1.165, 1.54) is 0 Å². The quantitative estimate of drug-likeness (QED) is 0.396. The summed E-state index contributed by atoms with van der Waals surface area (Å²) in [6.45, 7) is 3.41. The lowest BCUT2D eigenvalue weighted by molar-refractivity contribution is -0.144. The number of Topliss-reactive ketones (excluding diaryl/α,β-unsaturated/α-hetero) is 1. The lowest BCUT2D eigenvalue weighted by atomic mass is 10.0. The molecule has 1 heterocycles. The molecule has 0 aliphatic carbocycles. The molecule has 56 valence electrons. The third kappa shape index (κ3) is 0.916. The topological polar surface area (TPSA) is 43.4 Å². The largest absolute Gasteiger partial charge is 0.454 e. The number of hydrogen-bond acceptors (Lipinski definition) is 3. The van der Waals surface area contributed by atoms with Crippen LogP contribution in [0, 0.1) is 5.92 Å². The maximum Gasteiger partial charge on any atom is 0.317 e. The van der Waals surface area contributed by atoms with Gasteiger partial charge in [-0.25, -0.2) is 0 Å². The van der Waals surface area contributed by atoms with Crippen molar-refractivity contribution in [3.63, 3.8) is 0 Å². The minimum Gasteiger partial charge on any atom is -0.454 e. The molecular formula is C7H10O3. The summed E-state index contributed by atoms with van der Waals surface area (Å²) in [5.74, 6) is -0.991. The zero-order valence-electron chi connectivity index (χ0n) is 6.09. The highest BCUT2D eigenvalue weighted by Gasteiger charge is 2.38. The predicted octanol–water partition coefficient (Wildman–Crippen LogP) is 0.527. The number of rotatable bonds is 1. The van der Waals surface area contributed by atoms with Gasteiger partial charge in [-0.3, -0.25) is 9.59 Å². The second-order valence-corrected chi connectivity index (χ2v) is 2.46. The minimum atomic E-state index is -0.537. The average molecular weight is 142 g/mol. The minimum absolute atomic E-state index is 0.0764. The fourth-order valence-corrected chi connectivity index (χ4v) is 0.980. The molecule has 1 aliphatic rings. The Hall–Kier alpha value is -0.860. The molecule has 0 N–H and O–H groups in total. The first-order chi connectivity index (χ1) is 4.66. The van der Waals surface area contributed by atoms with Gasteiger partial charge in [-0.15, -0.1) is 0 Å². The molecule has 0 spiro atoms. The lowest BCUT2D eigenvalue weighted by Gasteiger charge is -2.00. The highest BCUT2D eigenvalue weighted by Crippen LogP contribution is 2.18. The van der Waals surface area contributed by atoms with Gasteiger partial charge in [-0.05, 0) is 13.3 Å². The third-order valence-electron chi connectivity index (χ3n) is 1.73. The van der Waals surface area contributed by atoms with Gasteiger partial charge in [-0.2, -0.15) is 0 Å². The number of cyclic esters (lactones) is 1. The lowest BCUT2D eigenvalue weighted by Crippen LogP contribution is -2.17. The van der Waals surface area contributed by atoms with Crippen molar-refractivity contribution in [3.05, 3.63) is 0 Å². The Morgan fingerprint density at radius 1 is 1.50 bits per heavy atom. The van der Waals surface area contributed by atoms with Crippen molar-refractivity contribution in [2.24, 2.45) is 5.92 Å². The molecule has 3 nitrogen and oxygen atoms in total. The van der Waals surface area contributed by atoms with Crippen molar-refractivity contribution in [2.45, 2.75) is 26.4 Å². The molecule has 0 amide bonds. The van der Waals surface area contributed by atoms with E-state index >= 15 is 0 Å². The van der Waals surface area contributed by atoms with Crippen LogP contribution < -0.4 is 0 Å². The molecule has 1 rings (SSSR count). The van der Waals surface area contributed by atoms with Gasteiger partial charge in [0.2, 0.25) is 0 Å². The Labute approximate surface area is 59.4 Å². The summed E-state index contributed by atoms with van der Waals surface area (Å²) in [7, 11) is 0. The fraction of sp³-hybridized carbons (Fsp3) is 0.714. The van der Waals surface area contributed by atoms with Crippen LogP contribution >= 0.6 is 0 Å². The summed E-state index contributed by atoms with van der Waals surface area (Å²) >= 11 is 0. The standard InChI is InChI=1S/C7H10O3/c1-3-5-6(8)4(2)7(9)10-5/h4-5H,3H2,1-2H3/t4-,5-/m0/s1. The molecule has 1 aliphatic heterocycles. The van der Waals surface area contributed by atoms with Crippen molar-refractivity contribution in [1.82, 2.24) is 0 Å². The molecular weight excluding hydrogens is 132 g/mol. The first-order valence-corrected chi connectivity index (χ1v) is 3.41. The zero-order chi connectivity index (χ0) is 7.72. The normalized spacial score (nSPS) is 32.6. The van der Waals surface area contributed by atoms with E-state index < -0.39 is 12.0 Å². The molecule has 10 heavy (non-hydrogen) atoms. The molecule has 0 unspecified atom stereocenters. The van der Waals surface area contributed by atoms with E-state index in [0.717, 1.165) is 0 Å². The van der Waals surface area contributed by atoms with Crippen LogP contribution in [0.25, 0.3) is 0 Å². The number of ketones is 1. The number of esters is 1. The molecule has 0 bridgehead atoms. The monoisotopic (exact) mass is 142 g/mol. The summed E-state index contributed by atoms with van der Waals surface area (Å²) in [4.78, 5) is 21.7. The van der Waals surface area contributed by atoms with Crippen molar-refractivity contribution in [3.8, 4) is 0 Å². The molecule has 0 aromatic rings. The fourth-order valence-electron chi connectivity index (χ4n) is 0.980. The van der Waals surface area contributed by atoms with E-state index in [0.29, 0.717) is 6.42 Å². The van der Waals surface area contributed by atoms with Crippen molar-refractivity contribution >= 4 is 11.8 Å². The summed E-state index contributed by atoms with van der Waals surface area (Å²) in [5.41, 5.74) is 0. The predicted molar refractivity (Wildman–Crippen MR) is 34.3 cm³/mol. The van der Waals surface area contributed by atoms with Gasteiger partial charge in [0, 0.05) is 0 Å². The first kappa shape index (κ1) is 7.25. The van der Waals surface area contributed by atoms with Gasteiger partial charge >= 0.3 is 5.97 Å². The second-order valence-electron chi connectivity index (χ2n) is 2.46. The van der Waals surface area contributed by atoms with Crippen LogP contribution in [0.1, 0.15) is 20.3 Å². The van der Waals surface area contributed by atoms with E-state index in [1.54, 1.807) is 6.92 Å².